The quantitative estimate of drug-likeness (QED) is 0.754. The molecular weight excluding hydrogens is 272 g/mol. The molecule has 0 saturated carbocycles. The van der Waals surface area contributed by atoms with E-state index in [1.807, 2.05) is 18.2 Å². The first-order chi connectivity index (χ1) is 7.63. The Labute approximate surface area is 104 Å². The topological polar surface area (TPSA) is 35.5 Å². The van der Waals surface area contributed by atoms with E-state index in [1.165, 1.54) is 0 Å². The van der Waals surface area contributed by atoms with Crippen LogP contribution in [-0.2, 0) is 4.79 Å². The molecule has 0 bridgehead atoms. The Balaban J connectivity index is 2.45. The molecule has 1 aromatic carbocycles. The number of ketones is 1. The zero-order valence-electron chi connectivity index (χ0n) is 9.46. The molecule has 0 N–H and O–H groups in total. The van der Waals surface area contributed by atoms with Crippen LogP contribution < -0.4 is 9.47 Å². The van der Waals surface area contributed by atoms with E-state index < -0.39 is 0 Å². The Hall–Kier alpha value is -1.03. The van der Waals surface area contributed by atoms with Crippen molar-refractivity contribution in [2.75, 3.05) is 13.7 Å². The monoisotopic (exact) mass is 286 g/mol. The predicted octanol–water partition coefficient (Wildman–Crippen LogP) is 3.21. The molecule has 0 aliphatic heterocycles. The molecule has 0 aliphatic rings. The Morgan fingerprint density at radius 2 is 2.19 bits per heavy atom. The molecule has 1 aromatic rings. The normalized spacial score (nSPS) is 9.94. The van der Waals surface area contributed by atoms with Crippen LogP contribution in [0.15, 0.2) is 22.7 Å². The van der Waals surface area contributed by atoms with Crippen molar-refractivity contribution in [1.29, 1.82) is 0 Å². The number of carbonyl (C=O) groups is 1. The van der Waals surface area contributed by atoms with E-state index in [-0.39, 0.29) is 5.78 Å². The highest BCUT2D eigenvalue weighted by Gasteiger charge is 2.03. The van der Waals surface area contributed by atoms with Crippen molar-refractivity contribution < 1.29 is 14.3 Å². The molecular formula is C12H15BrO3. The lowest BCUT2D eigenvalue weighted by molar-refractivity contribution is -0.117. The highest BCUT2D eigenvalue weighted by molar-refractivity contribution is 9.10. The van der Waals surface area contributed by atoms with Gasteiger partial charge in [0.25, 0.3) is 0 Å². The third kappa shape index (κ3) is 4.23. The fourth-order valence-corrected chi connectivity index (χ4v) is 1.70. The highest BCUT2D eigenvalue weighted by Crippen LogP contribution is 2.29. The van der Waals surface area contributed by atoms with Crippen LogP contribution in [0.4, 0.5) is 0 Å². The summed E-state index contributed by atoms with van der Waals surface area (Å²) in [4.78, 5) is 10.7. The fraction of sp³-hybridized carbons (Fsp3) is 0.417. The van der Waals surface area contributed by atoms with Gasteiger partial charge in [-0.2, -0.15) is 0 Å². The van der Waals surface area contributed by atoms with Crippen molar-refractivity contribution in [3.05, 3.63) is 22.7 Å². The Bertz CT molecular complexity index is 363. The van der Waals surface area contributed by atoms with E-state index in [2.05, 4.69) is 15.9 Å². The van der Waals surface area contributed by atoms with Gasteiger partial charge < -0.3 is 14.3 Å². The maximum Gasteiger partial charge on any atom is 0.133 e. The average Bonchev–Trinajstić information content (AvgIpc) is 2.25. The number of hydrogen-bond donors (Lipinski definition) is 0. The molecule has 0 amide bonds. The van der Waals surface area contributed by atoms with Gasteiger partial charge in [-0.15, -0.1) is 0 Å². The van der Waals surface area contributed by atoms with E-state index in [0.717, 1.165) is 22.4 Å². The molecule has 88 valence electrons. The van der Waals surface area contributed by atoms with Gasteiger partial charge in [0.2, 0.25) is 0 Å². The van der Waals surface area contributed by atoms with Crippen molar-refractivity contribution in [3.63, 3.8) is 0 Å². The van der Waals surface area contributed by atoms with Crippen LogP contribution in [0, 0.1) is 0 Å². The van der Waals surface area contributed by atoms with Crippen molar-refractivity contribution >= 4 is 21.7 Å². The van der Waals surface area contributed by atoms with Crippen LogP contribution in [-0.4, -0.2) is 19.5 Å². The van der Waals surface area contributed by atoms with Gasteiger partial charge in [-0.3, -0.25) is 0 Å². The third-order valence-electron chi connectivity index (χ3n) is 2.07. The van der Waals surface area contributed by atoms with Gasteiger partial charge in [-0.1, -0.05) is 0 Å². The number of rotatable bonds is 6. The van der Waals surface area contributed by atoms with Crippen molar-refractivity contribution in [2.24, 2.45) is 0 Å². The van der Waals surface area contributed by atoms with E-state index in [1.54, 1.807) is 14.0 Å². The van der Waals surface area contributed by atoms with Gasteiger partial charge in [-0.05, 0) is 47.5 Å². The summed E-state index contributed by atoms with van der Waals surface area (Å²) in [7, 11) is 1.62. The molecule has 0 aliphatic carbocycles. The minimum atomic E-state index is 0.192. The zero-order valence-corrected chi connectivity index (χ0v) is 11.0. The van der Waals surface area contributed by atoms with Gasteiger partial charge in [0.05, 0.1) is 18.2 Å². The molecule has 0 atom stereocenters. The molecule has 0 unspecified atom stereocenters. The molecule has 0 spiro atoms. The van der Waals surface area contributed by atoms with E-state index >= 15 is 0 Å². The summed E-state index contributed by atoms with van der Waals surface area (Å²) in [6.45, 7) is 2.13. The molecule has 0 heterocycles. The van der Waals surface area contributed by atoms with Gasteiger partial charge in [0.1, 0.15) is 17.3 Å². The van der Waals surface area contributed by atoms with Crippen molar-refractivity contribution in [3.8, 4) is 11.5 Å². The largest absolute Gasteiger partial charge is 0.497 e. The number of methoxy groups -OCH3 is 1. The lowest BCUT2D eigenvalue weighted by Gasteiger charge is -2.08. The Morgan fingerprint density at radius 3 is 2.75 bits per heavy atom. The molecule has 0 fully saturated rings. The van der Waals surface area contributed by atoms with Gasteiger partial charge in [0, 0.05) is 6.42 Å². The minimum Gasteiger partial charge on any atom is -0.497 e. The highest BCUT2D eigenvalue weighted by atomic mass is 79.9. The zero-order chi connectivity index (χ0) is 12.0. The summed E-state index contributed by atoms with van der Waals surface area (Å²) >= 11 is 3.40. The summed E-state index contributed by atoms with van der Waals surface area (Å²) in [5.41, 5.74) is 0. The average molecular weight is 287 g/mol. The Kier molecular flexibility index (Phi) is 5.32. The second-order valence-corrected chi connectivity index (χ2v) is 4.30. The predicted molar refractivity (Wildman–Crippen MR) is 66.1 cm³/mol. The minimum absolute atomic E-state index is 0.192. The molecule has 16 heavy (non-hydrogen) atoms. The lowest BCUT2D eigenvalue weighted by Crippen LogP contribution is -2.00. The number of hydrogen-bond acceptors (Lipinski definition) is 3. The SMILES string of the molecule is COc1ccc(OCCCC(C)=O)c(Br)c1. The van der Waals surface area contributed by atoms with Gasteiger partial charge >= 0.3 is 0 Å². The first kappa shape index (κ1) is 13.0. The summed E-state index contributed by atoms with van der Waals surface area (Å²) in [6, 6.07) is 5.53. The summed E-state index contributed by atoms with van der Waals surface area (Å²) in [5, 5.41) is 0. The Morgan fingerprint density at radius 1 is 1.44 bits per heavy atom. The third-order valence-corrected chi connectivity index (χ3v) is 2.69. The standard InChI is InChI=1S/C12H15BrO3/c1-9(14)4-3-7-16-12-6-5-10(15-2)8-11(12)13/h5-6,8H,3-4,7H2,1-2H3. The number of carbonyl (C=O) groups excluding carboxylic acids is 1. The van der Waals surface area contributed by atoms with Crippen molar-refractivity contribution in [1.82, 2.24) is 0 Å². The lowest BCUT2D eigenvalue weighted by atomic mass is 10.2. The fourth-order valence-electron chi connectivity index (χ4n) is 1.23. The number of Topliss-reactive ketones (excluding diaryl/α,β-unsaturated/α-hetero) is 1. The van der Waals surface area contributed by atoms with E-state index in [4.69, 9.17) is 9.47 Å². The molecule has 3 nitrogen and oxygen atoms in total. The van der Waals surface area contributed by atoms with Crippen LogP contribution >= 0.6 is 15.9 Å². The van der Waals surface area contributed by atoms with Crippen LogP contribution in [0.3, 0.4) is 0 Å². The molecule has 1 rings (SSSR count). The maximum absolute atomic E-state index is 10.7. The summed E-state index contributed by atoms with van der Waals surface area (Å²) < 4.78 is 11.5. The summed E-state index contributed by atoms with van der Waals surface area (Å²) in [5.74, 6) is 1.74. The van der Waals surface area contributed by atoms with Gasteiger partial charge in [-0.25, -0.2) is 0 Å². The first-order valence-corrected chi connectivity index (χ1v) is 5.88. The van der Waals surface area contributed by atoms with Gasteiger partial charge in [0.15, 0.2) is 0 Å². The van der Waals surface area contributed by atoms with Crippen LogP contribution in [0.1, 0.15) is 19.8 Å². The molecule has 0 aromatic heterocycles. The number of halogens is 1. The van der Waals surface area contributed by atoms with Crippen LogP contribution in [0.2, 0.25) is 0 Å². The molecule has 0 saturated heterocycles. The molecule has 4 heteroatoms. The maximum atomic E-state index is 10.7. The van der Waals surface area contributed by atoms with E-state index in [0.29, 0.717) is 13.0 Å². The first-order valence-electron chi connectivity index (χ1n) is 5.09. The van der Waals surface area contributed by atoms with Crippen LogP contribution in [0.25, 0.3) is 0 Å². The number of benzene rings is 1. The van der Waals surface area contributed by atoms with E-state index in [9.17, 15) is 4.79 Å². The smallest absolute Gasteiger partial charge is 0.133 e. The second kappa shape index (κ2) is 6.53. The summed E-state index contributed by atoms with van der Waals surface area (Å²) in [6.07, 6.45) is 1.31. The second-order valence-electron chi connectivity index (χ2n) is 3.45. The molecule has 0 radical (unpaired) electrons. The van der Waals surface area contributed by atoms with Crippen LogP contribution in [0.5, 0.6) is 11.5 Å². The van der Waals surface area contributed by atoms with Crippen molar-refractivity contribution in [2.45, 2.75) is 19.8 Å². The number of ether oxygens (including phenoxy) is 2.